The highest BCUT2D eigenvalue weighted by Crippen LogP contribution is 2.09. The molecular formula is C44H76N9+5. The molecule has 2 aliphatic heterocycles. The molecule has 9 heteroatoms. The van der Waals surface area contributed by atoms with E-state index in [-0.39, 0.29) is 0 Å². The summed E-state index contributed by atoms with van der Waals surface area (Å²) in [6.07, 6.45) is 28.3. The molecule has 0 fully saturated rings. The van der Waals surface area contributed by atoms with Crippen molar-refractivity contribution in [3.63, 3.8) is 0 Å². The van der Waals surface area contributed by atoms with Crippen LogP contribution in [0.1, 0.15) is 90.5 Å². The van der Waals surface area contributed by atoms with Crippen molar-refractivity contribution in [2.24, 2.45) is 22.9 Å². The number of hydrogen-bond acceptors (Lipinski definition) is 4. The summed E-state index contributed by atoms with van der Waals surface area (Å²) in [5, 5.41) is 0. The van der Waals surface area contributed by atoms with Crippen LogP contribution in [0, 0.1) is 0 Å². The normalized spacial score (nSPS) is 12.6. The van der Waals surface area contributed by atoms with Gasteiger partial charge in [-0.1, -0.05) is 47.6 Å². The number of aryl methyl sites for hydroxylation is 4. The Morgan fingerprint density at radius 3 is 1.83 bits per heavy atom. The molecule has 0 spiro atoms. The van der Waals surface area contributed by atoms with Gasteiger partial charge in [0, 0.05) is 60.7 Å². The third kappa shape index (κ3) is 20.2. The Kier molecular flexibility index (Phi) is 27.2. The van der Waals surface area contributed by atoms with Gasteiger partial charge in [-0.15, -0.1) is 0 Å². The summed E-state index contributed by atoms with van der Waals surface area (Å²) in [5.74, 6) is 0. The van der Waals surface area contributed by atoms with Crippen molar-refractivity contribution in [2.75, 3.05) is 39.3 Å². The van der Waals surface area contributed by atoms with E-state index in [1.807, 2.05) is 12.3 Å². The lowest BCUT2D eigenvalue weighted by Crippen LogP contribution is -2.40. The van der Waals surface area contributed by atoms with Gasteiger partial charge in [0.15, 0.2) is 81.0 Å². The Hall–Kier alpha value is -3.89. The van der Waals surface area contributed by atoms with Crippen molar-refractivity contribution in [3.05, 3.63) is 114 Å². The van der Waals surface area contributed by atoms with E-state index in [0.717, 1.165) is 90.8 Å². The van der Waals surface area contributed by atoms with Crippen LogP contribution in [0.3, 0.4) is 0 Å². The quantitative estimate of drug-likeness (QED) is 0.174. The molecule has 0 saturated heterocycles. The van der Waals surface area contributed by atoms with Gasteiger partial charge in [-0.25, -0.2) is 22.9 Å². The van der Waals surface area contributed by atoms with Crippen molar-refractivity contribution in [3.8, 4) is 0 Å². The predicted molar refractivity (Wildman–Crippen MR) is 223 cm³/mol. The molecule has 0 amide bonds. The highest BCUT2D eigenvalue weighted by atomic mass is 15.0. The van der Waals surface area contributed by atoms with E-state index in [4.69, 9.17) is 22.9 Å². The molecule has 0 bridgehead atoms. The molecule has 0 saturated carbocycles. The van der Waals surface area contributed by atoms with Gasteiger partial charge in [0.1, 0.15) is 12.8 Å². The monoisotopic (exact) mass is 731 g/mol. The van der Waals surface area contributed by atoms with Crippen LogP contribution in [-0.4, -0.2) is 60.3 Å². The van der Waals surface area contributed by atoms with Crippen molar-refractivity contribution in [1.82, 2.24) is 0 Å². The Labute approximate surface area is 323 Å². The molecule has 0 radical (unpaired) electrons. The Morgan fingerprint density at radius 2 is 1.26 bits per heavy atom. The van der Waals surface area contributed by atoms with Crippen molar-refractivity contribution in [1.29, 1.82) is 0 Å². The van der Waals surface area contributed by atoms with Gasteiger partial charge in [0.05, 0.1) is 39.0 Å². The fourth-order valence-corrected chi connectivity index (χ4v) is 5.77. The number of nitrogens with two attached hydrogens (primary N) is 4. The Bertz CT molecular complexity index is 1510. The van der Waals surface area contributed by atoms with Gasteiger partial charge >= 0.3 is 0 Å². The van der Waals surface area contributed by atoms with E-state index >= 15 is 0 Å². The molecule has 0 aliphatic carbocycles. The largest absolute Gasteiger partial charge is 0.325 e. The second kappa shape index (κ2) is 30.6. The first-order chi connectivity index (χ1) is 25.9. The van der Waals surface area contributed by atoms with Crippen LogP contribution >= 0.6 is 0 Å². The summed E-state index contributed by atoms with van der Waals surface area (Å²) in [6, 6.07) is 14.8. The number of nitrogens with zero attached hydrogens (tertiary/aromatic N) is 5. The molecule has 8 N–H and O–H groups in total. The summed E-state index contributed by atoms with van der Waals surface area (Å²) in [4.78, 5) is 0. The maximum Gasteiger partial charge on any atom is 0.181 e. The molecular weight excluding hydrogens is 655 g/mol. The number of aromatic nitrogens is 3. The summed E-state index contributed by atoms with van der Waals surface area (Å²) in [6.45, 7) is 20.9. The van der Waals surface area contributed by atoms with Gasteiger partial charge in [0.2, 0.25) is 0 Å². The first-order valence-electron chi connectivity index (χ1n) is 20.2. The first-order valence-corrected chi connectivity index (χ1v) is 20.2. The number of allylic oxidation sites excluding steroid dienone is 2. The van der Waals surface area contributed by atoms with Gasteiger partial charge in [0.25, 0.3) is 0 Å². The van der Waals surface area contributed by atoms with E-state index in [0.29, 0.717) is 13.1 Å². The molecule has 0 aromatic carbocycles. The van der Waals surface area contributed by atoms with Crippen LogP contribution in [-0.2, 0) is 38.9 Å². The van der Waals surface area contributed by atoms with Crippen LogP contribution in [0.4, 0.5) is 0 Å². The lowest BCUT2D eigenvalue weighted by molar-refractivity contribution is -0.701. The average molecular weight is 731 g/mol. The molecule has 3 aromatic heterocycles. The third-order valence-corrected chi connectivity index (χ3v) is 8.93. The molecule has 292 valence electrons. The number of rotatable bonds is 15. The lowest BCUT2D eigenvalue weighted by atomic mass is 10.2. The van der Waals surface area contributed by atoms with Crippen LogP contribution in [0.15, 0.2) is 97.5 Å². The summed E-state index contributed by atoms with van der Waals surface area (Å²) >= 11 is 0. The second-order valence-corrected chi connectivity index (χ2v) is 13.0. The van der Waals surface area contributed by atoms with Crippen LogP contribution in [0.5, 0.6) is 0 Å². The predicted octanol–water partition coefficient (Wildman–Crippen LogP) is 4.39. The summed E-state index contributed by atoms with van der Waals surface area (Å²) in [5.41, 5.74) is 28.9. The smallest absolute Gasteiger partial charge is 0.181 e. The summed E-state index contributed by atoms with van der Waals surface area (Å²) in [7, 11) is 0. The van der Waals surface area contributed by atoms with E-state index in [1.54, 1.807) is 0 Å². The Balaban J connectivity index is 0.000000331. The van der Waals surface area contributed by atoms with Gasteiger partial charge in [-0.05, 0) is 37.0 Å². The molecule has 0 atom stereocenters. The molecule has 53 heavy (non-hydrogen) atoms. The van der Waals surface area contributed by atoms with E-state index in [2.05, 4.69) is 150 Å². The van der Waals surface area contributed by atoms with Gasteiger partial charge in [-0.3, -0.25) is 0 Å². The molecule has 3 aromatic rings. The number of pyridine rings is 3. The van der Waals surface area contributed by atoms with Crippen LogP contribution < -0.4 is 36.6 Å². The van der Waals surface area contributed by atoms with Crippen molar-refractivity contribution in [2.45, 2.75) is 113 Å². The standard InChI is InChI=1S/C10H16N.2C9H15N2.2C8H15N2/c1-3-7-11-8-5-10(4-2)6-9-11;1-2-9-4-3-6-11(8-9)7-5-10;1-2-9-5-3-4-7-11(9)8-6-10;1-2-8-3-5-10(7-8)6-4-9;1-2-8-4-3-6-10(8)7-5-9/h5-6,8-9H,3-4,7H2,1-2H3;3-4,6,8H,2,5,7,10H2,1H3;3-5,7H,2,6,8,10H2,1H3;5,7H,2-4,6,9H2,1H3;3,6H,2,4-5,7,9H2,1H3/q5*+1. The minimum atomic E-state index is 0.706. The molecule has 2 aliphatic rings. The summed E-state index contributed by atoms with van der Waals surface area (Å²) < 4.78 is 11.0. The maximum absolute atomic E-state index is 5.46. The minimum Gasteiger partial charge on any atom is -0.325 e. The lowest BCUT2D eigenvalue weighted by Gasteiger charge is -1.98. The van der Waals surface area contributed by atoms with E-state index < -0.39 is 0 Å². The van der Waals surface area contributed by atoms with Crippen LogP contribution in [0.25, 0.3) is 0 Å². The Morgan fingerprint density at radius 1 is 0.566 bits per heavy atom. The first kappa shape index (κ1) is 47.1. The number of hydrogen-bond donors (Lipinski definition) is 4. The average Bonchev–Trinajstić information content (AvgIpc) is 3.86. The zero-order chi connectivity index (χ0) is 39.1. The molecule has 0 unspecified atom stereocenters. The molecule has 9 nitrogen and oxygen atoms in total. The van der Waals surface area contributed by atoms with Gasteiger partial charge in [-0.2, -0.15) is 0 Å². The van der Waals surface area contributed by atoms with Crippen LogP contribution in [0.2, 0.25) is 0 Å². The minimum absolute atomic E-state index is 0.706. The van der Waals surface area contributed by atoms with E-state index in [9.17, 15) is 0 Å². The third-order valence-electron chi connectivity index (χ3n) is 8.93. The van der Waals surface area contributed by atoms with Crippen molar-refractivity contribution < 1.29 is 22.9 Å². The SMILES string of the molecule is CCC1=C[N+](CCN)=CC1.CCC1=[N+](CCN)C=CC1.CCC[n+]1ccc(CC)cc1.CCc1ccc[n+](CCN)c1.CCc1cccc[n+]1CCN. The zero-order valence-electron chi connectivity index (χ0n) is 34.3. The second-order valence-electron chi connectivity index (χ2n) is 13.0. The fourth-order valence-electron chi connectivity index (χ4n) is 5.77. The molecule has 5 heterocycles. The highest BCUT2D eigenvalue weighted by molar-refractivity contribution is 5.82. The topological polar surface area (TPSA) is 122 Å². The fraction of sp³-hybridized carbons (Fsp3) is 0.523. The highest BCUT2D eigenvalue weighted by Gasteiger charge is 2.13. The van der Waals surface area contributed by atoms with Crippen molar-refractivity contribution >= 4 is 11.9 Å². The maximum atomic E-state index is 5.46. The van der Waals surface area contributed by atoms with Gasteiger partial charge < -0.3 is 22.9 Å². The van der Waals surface area contributed by atoms with E-state index in [1.165, 1.54) is 34.5 Å². The molecule has 5 rings (SSSR count). The zero-order valence-corrected chi connectivity index (χ0v) is 34.3.